The molecule has 0 saturated carbocycles. The Kier molecular flexibility index (Phi) is 5.72. The summed E-state index contributed by atoms with van der Waals surface area (Å²) in [6.45, 7) is 1.01. The van der Waals surface area contributed by atoms with Gasteiger partial charge < -0.3 is 19.4 Å². The molecule has 0 aliphatic heterocycles. The molecular weight excluding hydrogens is 394 g/mol. The number of rotatable bonds is 6. The largest absolute Gasteiger partial charge is 0.495 e. The Morgan fingerprint density at radius 2 is 1.90 bits per heavy atom. The molecular formula is C19H21N5O6. The van der Waals surface area contributed by atoms with Crippen molar-refractivity contribution in [3.63, 3.8) is 0 Å². The standard InChI is InChI=1S/C19H21N5O6/c1-11-5-6-13(29-4)12(7-11)21-14(25)9-30-15(26)8-24-10-20-17-16(24)18(27)23(3)19(28)22(17)2/h5-7,10H,8-9H2,1-4H3,(H,21,25). The predicted octanol–water partition coefficient (Wildman–Crippen LogP) is -0.0674. The van der Waals surface area contributed by atoms with Crippen molar-refractivity contribution in [3.8, 4) is 5.75 Å². The molecule has 0 spiro atoms. The van der Waals surface area contributed by atoms with Gasteiger partial charge in [0, 0.05) is 14.1 Å². The van der Waals surface area contributed by atoms with Crippen LogP contribution >= 0.6 is 0 Å². The van der Waals surface area contributed by atoms with Crippen LogP contribution in [-0.2, 0) is 35.0 Å². The number of fused-ring (bicyclic) bond motifs is 1. The first-order chi connectivity index (χ1) is 14.2. The van der Waals surface area contributed by atoms with E-state index in [1.54, 1.807) is 12.1 Å². The minimum atomic E-state index is -0.739. The molecule has 11 nitrogen and oxygen atoms in total. The molecule has 3 aromatic rings. The van der Waals surface area contributed by atoms with Gasteiger partial charge in [0.15, 0.2) is 17.8 Å². The van der Waals surface area contributed by atoms with Gasteiger partial charge in [-0.25, -0.2) is 9.78 Å². The summed E-state index contributed by atoms with van der Waals surface area (Å²) >= 11 is 0. The average molecular weight is 415 g/mol. The first-order valence-corrected chi connectivity index (χ1v) is 8.94. The van der Waals surface area contributed by atoms with Crippen LogP contribution in [-0.4, -0.2) is 44.3 Å². The summed E-state index contributed by atoms with van der Waals surface area (Å²) in [6, 6.07) is 5.29. The molecule has 0 unspecified atom stereocenters. The third-order valence-electron chi connectivity index (χ3n) is 4.51. The molecule has 2 aromatic heterocycles. The van der Waals surface area contributed by atoms with E-state index in [0.29, 0.717) is 11.4 Å². The second-order valence-corrected chi connectivity index (χ2v) is 6.66. The number of aryl methyl sites for hydroxylation is 2. The number of anilines is 1. The summed E-state index contributed by atoms with van der Waals surface area (Å²) in [5, 5.41) is 2.62. The second-order valence-electron chi connectivity index (χ2n) is 6.66. The summed E-state index contributed by atoms with van der Waals surface area (Å²) in [4.78, 5) is 52.7. The Morgan fingerprint density at radius 1 is 1.17 bits per heavy atom. The maximum absolute atomic E-state index is 12.4. The van der Waals surface area contributed by atoms with Crippen molar-refractivity contribution in [3.05, 3.63) is 50.9 Å². The molecule has 0 radical (unpaired) electrons. The SMILES string of the molecule is COc1ccc(C)cc1NC(=O)COC(=O)Cn1cnc2c1c(=O)n(C)c(=O)n2C. The maximum atomic E-state index is 12.4. The molecule has 1 N–H and O–H groups in total. The number of carbonyl (C=O) groups is 2. The smallest absolute Gasteiger partial charge is 0.332 e. The average Bonchev–Trinajstić information content (AvgIpc) is 3.13. The molecule has 0 aliphatic carbocycles. The van der Waals surface area contributed by atoms with E-state index in [2.05, 4.69) is 10.3 Å². The van der Waals surface area contributed by atoms with Gasteiger partial charge in [-0.1, -0.05) is 6.07 Å². The Balaban J connectivity index is 1.68. The molecule has 1 amide bonds. The van der Waals surface area contributed by atoms with Crippen LogP contribution in [0.2, 0.25) is 0 Å². The fourth-order valence-corrected chi connectivity index (χ4v) is 2.95. The predicted molar refractivity (Wildman–Crippen MR) is 108 cm³/mol. The summed E-state index contributed by atoms with van der Waals surface area (Å²) < 4.78 is 13.6. The number of ether oxygens (including phenoxy) is 2. The lowest BCUT2D eigenvalue weighted by molar-refractivity contribution is -0.147. The lowest BCUT2D eigenvalue weighted by Gasteiger charge is -2.11. The monoisotopic (exact) mass is 415 g/mol. The number of hydrogen-bond donors (Lipinski definition) is 1. The Labute approximate surface area is 170 Å². The van der Waals surface area contributed by atoms with Crippen LogP contribution in [0.1, 0.15) is 5.56 Å². The number of esters is 1. The Morgan fingerprint density at radius 3 is 2.60 bits per heavy atom. The van der Waals surface area contributed by atoms with Gasteiger partial charge in [-0.15, -0.1) is 0 Å². The topological polar surface area (TPSA) is 126 Å². The third-order valence-corrected chi connectivity index (χ3v) is 4.51. The number of nitrogens with one attached hydrogen (secondary N) is 1. The van der Waals surface area contributed by atoms with Crippen LogP contribution in [0, 0.1) is 6.92 Å². The van der Waals surface area contributed by atoms with Crippen molar-refractivity contribution < 1.29 is 19.1 Å². The Hall–Kier alpha value is -3.89. The van der Waals surface area contributed by atoms with Crippen LogP contribution in [0.3, 0.4) is 0 Å². The molecule has 158 valence electrons. The highest BCUT2D eigenvalue weighted by Gasteiger charge is 2.17. The minimum absolute atomic E-state index is 0.0884. The number of amides is 1. The fourth-order valence-electron chi connectivity index (χ4n) is 2.95. The van der Waals surface area contributed by atoms with E-state index in [-0.39, 0.29) is 17.7 Å². The number of imidazole rings is 1. The van der Waals surface area contributed by atoms with Crippen molar-refractivity contribution in [2.45, 2.75) is 13.5 Å². The van der Waals surface area contributed by atoms with Crippen molar-refractivity contribution in [1.82, 2.24) is 18.7 Å². The lowest BCUT2D eigenvalue weighted by Crippen LogP contribution is -2.37. The molecule has 2 heterocycles. The number of benzene rings is 1. The molecule has 0 atom stereocenters. The zero-order valence-corrected chi connectivity index (χ0v) is 17.0. The van der Waals surface area contributed by atoms with Crippen molar-refractivity contribution in [2.75, 3.05) is 19.0 Å². The molecule has 0 saturated heterocycles. The van der Waals surface area contributed by atoms with E-state index in [9.17, 15) is 19.2 Å². The molecule has 11 heteroatoms. The molecule has 3 rings (SSSR count). The van der Waals surface area contributed by atoms with Gasteiger partial charge in [0.2, 0.25) is 0 Å². The number of aromatic nitrogens is 4. The minimum Gasteiger partial charge on any atom is -0.495 e. The van der Waals surface area contributed by atoms with Crippen LogP contribution in [0.4, 0.5) is 5.69 Å². The quantitative estimate of drug-likeness (QED) is 0.559. The number of nitrogens with zero attached hydrogens (tertiary/aromatic N) is 4. The van der Waals surface area contributed by atoms with Gasteiger partial charge in [-0.05, 0) is 24.6 Å². The molecule has 30 heavy (non-hydrogen) atoms. The van der Waals surface area contributed by atoms with Crippen molar-refractivity contribution >= 4 is 28.7 Å². The van der Waals surface area contributed by atoms with E-state index >= 15 is 0 Å². The third kappa shape index (κ3) is 3.95. The van der Waals surface area contributed by atoms with Crippen LogP contribution in [0.5, 0.6) is 5.75 Å². The highest BCUT2D eigenvalue weighted by molar-refractivity contribution is 5.94. The zero-order chi connectivity index (χ0) is 22.0. The maximum Gasteiger partial charge on any atom is 0.332 e. The van der Waals surface area contributed by atoms with Gasteiger partial charge in [0.25, 0.3) is 11.5 Å². The highest BCUT2D eigenvalue weighted by Crippen LogP contribution is 2.25. The van der Waals surface area contributed by atoms with E-state index in [4.69, 9.17) is 9.47 Å². The molecule has 0 aliphatic rings. The van der Waals surface area contributed by atoms with E-state index in [1.807, 2.05) is 13.0 Å². The van der Waals surface area contributed by atoms with Crippen LogP contribution in [0.15, 0.2) is 34.1 Å². The fraction of sp³-hybridized carbons (Fsp3) is 0.316. The molecule has 0 fully saturated rings. The van der Waals surface area contributed by atoms with Gasteiger partial charge >= 0.3 is 11.7 Å². The van der Waals surface area contributed by atoms with E-state index in [0.717, 1.165) is 10.1 Å². The Bertz CT molecular complexity index is 1250. The molecule has 1 aromatic carbocycles. The number of methoxy groups -OCH3 is 1. The second kappa shape index (κ2) is 8.23. The van der Waals surface area contributed by atoms with Crippen molar-refractivity contribution in [2.24, 2.45) is 14.1 Å². The highest BCUT2D eigenvalue weighted by atomic mass is 16.5. The summed E-state index contributed by atoms with van der Waals surface area (Å²) in [5.41, 5.74) is 0.520. The number of hydrogen-bond acceptors (Lipinski definition) is 7. The summed E-state index contributed by atoms with van der Waals surface area (Å²) in [6.07, 6.45) is 1.27. The summed E-state index contributed by atoms with van der Waals surface area (Å²) in [7, 11) is 4.29. The van der Waals surface area contributed by atoms with Gasteiger partial charge in [0.1, 0.15) is 12.3 Å². The van der Waals surface area contributed by atoms with E-state index < -0.39 is 29.7 Å². The van der Waals surface area contributed by atoms with Crippen LogP contribution < -0.4 is 21.3 Å². The number of carbonyl (C=O) groups excluding carboxylic acids is 2. The zero-order valence-electron chi connectivity index (χ0n) is 17.0. The van der Waals surface area contributed by atoms with Crippen LogP contribution in [0.25, 0.3) is 11.2 Å². The summed E-state index contributed by atoms with van der Waals surface area (Å²) in [5.74, 6) is -0.802. The normalized spacial score (nSPS) is 10.8. The van der Waals surface area contributed by atoms with Gasteiger partial charge in [-0.2, -0.15) is 0 Å². The van der Waals surface area contributed by atoms with Gasteiger partial charge in [-0.3, -0.25) is 23.5 Å². The van der Waals surface area contributed by atoms with E-state index in [1.165, 1.54) is 36.7 Å². The first-order valence-electron chi connectivity index (χ1n) is 8.94. The van der Waals surface area contributed by atoms with Gasteiger partial charge in [0.05, 0.1) is 19.1 Å². The first kappa shape index (κ1) is 20.8. The lowest BCUT2D eigenvalue weighted by atomic mass is 10.2. The molecule has 0 bridgehead atoms. The van der Waals surface area contributed by atoms with Crippen molar-refractivity contribution in [1.29, 1.82) is 0 Å².